The number of ether oxygens (including phenoxy) is 2. The molecule has 0 bridgehead atoms. The third-order valence-electron chi connectivity index (χ3n) is 2.81. The first kappa shape index (κ1) is 13.4. The monoisotopic (exact) mass is 264 g/mol. The number of nitrogens with zero attached hydrogens (tertiary/aromatic N) is 1. The predicted octanol–water partition coefficient (Wildman–Crippen LogP) is 0.492. The van der Waals surface area contributed by atoms with E-state index in [2.05, 4.69) is 5.32 Å². The first-order chi connectivity index (χ1) is 9.29. The van der Waals surface area contributed by atoms with E-state index in [0.717, 1.165) is 0 Å². The van der Waals surface area contributed by atoms with Crippen molar-refractivity contribution in [3.05, 3.63) is 24.3 Å². The summed E-state index contributed by atoms with van der Waals surface area (Å²) in [6, 6.07) is 6.84. The lowest BCUT2D eigenvalue weighted by atomic mass is 10.3. The zero-order valence-corrected chi connectivity index (χ0v) is 10.5. The van der Waals surface area contributed by atoms with Gasteiger partial charge in [-0.2, -0.15) is 0 Å². The first-order valence-corrected chi connectivity index (χ1v) is 6.08. The average molecular weight is 264 g/mol. The van der Waals surface area contributed by atoms with Gasteiger partial charge in [-0.15, -0.1) is 0 Å². The summed E-state index contributed by atoms with van der Waals surface area (Å²) in [7, 11) is 0. The van der Waals surface area contributed by atoms with Crippen LogP contribution in [0.5, 0.6) is 5.75 Å². The number of anilines is 1. The van der Waals surface area contributed by atoms with E-state index in [1.807, 2.05) is 0 Å². The number of hydrogen-bond acceptors (Lipinski definition) is 4. The normalized spacial score (nSPS) is 14.8. The van der Waals surface area contributed by atoms with Gasteiger partial charge in [0.25, 0.3) is 5.91 Å². The molecule has 1 aromatic carbocycles. The average Bonchev–Trinajstić information content (AvgIpc) is 2.47. The Morgan fingerprint density at radius 2 is 2.00 bits per heavy atom. The van der Waals surface area contributed by atoms with Gasteiger partial charge >= 0.3 is 0 Å². The Bertz CT molecular complexity index is 427. The van der Waals surface area contributed by atoms with Gasteiger partial charge in [0.1, 0.15) is 5.75 Å². The van der Waals surface area contributed by atoms with Gasteiger partial charge in [-0.25, -0.2) is 0 Å². The van der Waals surface area contributed by atoms with Gasteiger partial charge in [0.2, 0.25) is 6.41 Å². The van der Waals surface area contributed by atoms with Gasteiger partial charge in [-0.3, -0.25) is 9.59 Å². The molecule has 0 aromatic heterocycles. The topological polar surface area (TPSA) is 67.9 Å². The number of hydrogen-bond donors (Lipinski definition) is 1. The van der Waals surface area contributed by atoms with Crippen LogP contribution >= 0.6 is 0 Å². The van der Waals surface area contributed by atoms with E-state index in [9.17, 15) is 9.59 Å². The summed E-state index contributed by atoms with van der Waals surface area (Å²) in [5.41, 5.74) is 0.682. The molecule has 0 saturated carbocycles. The molecule has 1 N–H and O–H groups in total. The molecule has 1 aliphatic rings. The minimum atomic E-state index is -0.0432. The summed E-state index contributed by atoms with van der Waals surface area (Å²) in [4.78, 5) is 23.8. The van der Waals surface area contributed by atoms with Crippen LogP contribution in [-0.4, -0.2) is 50.1 Å². The van der Waals surface area contributed by atoms with Gasteiger partial charge in [0.05, 0.1) is 13.2 Å². The van der Waals surface area contributed by atoms with Crippen LogP contribution in [0.25, 0.3) is 0 Å². The molecule has 0 aliphatic carbocycles. The molecular weight excluding hydrogens is 248 g/mol. The number of benzene rings is 1. The molecule has 1 saturated heterocycles. The minimum Gasteiger partial charge on any atom is -0.484 e. The maximum absolute atomic E-state index is 11.8. The zero-order chi connectivity index (χ0) is 13.5. The SMILES string of the molecule is O=CNc1ccc(OCC(=O)N2CCOCC2)cc1. The summed E-state index contributed by atoms with van der Waals surface area (Å²) < 4.78 is 10.6. The molecule has 6 heteroatoms. The van der Waals surface area contributed by atoms with Crippen LogP contribution < -0.4 is 10.1 Å². The number of nitrogens with one attached hydrogen (secondary N) is 1. The number of carbonyl (C=O) groups excluding carboxylic acids is 2. The van der Waals surface area contributed by atoms with E-state index >= 15 is 0 Å². The van der Waals surface area contributed by atoms with Crippen molar-refractivity contribution >= 4 is 18.0 Å². The number of carbonyl (C=O) groups is 2. The molecular formula is C13H16N2O4. The van der Waals surface area contributed by atoms with Crippen LogP contribution in [0.4, 0.5) is 5.69 Å². The Morgan fingerprint density at radius 1 is 1.32 bits per heavy atom. The molecule has 1 heterocycles. The molecule has 1 fully saturated rings. The Hall–Kier alpha value is -2.08. The van der Waals surface area contributed by atoms with E-state index in [-0.39, 0.29) is 12.5 Å². The molecule has 19 heavy (non-hydrogen) atoms. The maximum Gasteiger partial charge on any atom is 0.260 e. The van der Waals surface area contributed by atoms with Gasteiger partial charge < -0.3 is 19.7 Å². The van der Waals surface area contributed by atoms with E-state index in [4.69, 9.17) is 9.47 Å². The molecule has 0 atom stereocenters. The summed E-state index contributed by atoms with van der Waals surface area (Å²) >= 11 is 0. The number of morpholine rings is 1. The zero-order valence-electron chi connectivity index (χ0n) is 10.5. The molecule has 2 amide bonds. The quantitative estimate of drug-likeness (QED) is 0.786. The minimum absolute atomic E-state index is 0.0143. The highest BCUT2D eigenvalue weighted by molar-refractivity contribution is 5.78. The third-order valence-corrected chi connectivity index (χ3v) is 2.81. The van der Waals surface area contributed by atoms with Crippen molar-refractivity contribution in [2.75, 3.05) is 38.2 Å². The molecule has 0 radical (unpaired) electrons. The van der Waals surface area contributed by atoms with Crippen LogP contribution in [0.3, 0.4) is 0 Å². The van der Waals surface area contributed by atoms with E-state index in [0.29, 0.717) is 44.2 Å². The lowest BCUT2D eigenvalue weighted by molar-refractivity contribution is -0.137. The van der Waals surface area contributed by atoms with Crippen molar-refractivity contribution < 1.29 is 19.1 Å². The van der Waals surface area contributed by atoms with Crippen molar-refractivity contribution in [3.8, 4) is 5.75 Å². The Balaban J connectivity index is 1.80. The molecule has 1 aliphatic heterocycles. The van der Waals surface area contributed by atoms with Crippen molar-refractivity contribution in [1.82, 2.24) is 4.90 Å². The van der Waals surface area contributed by atoms with Crippen LogP contribution in [-0.2, 0) is 14.3 Å². The highest BCUT2D eigenvalue weighted by Crippen LogP contribution is 2.15. The fourth-order valence-electron chi connectivity index (χ4n) is 1.76. The van der Waals surface area contributed by atoms with E-state index < -0.39 is 0 Å². The van der Waals surface area contributed by atoms with Gasteiger partial charge in [-0.1, -0.05) is 0 Å². The summed E-state index contributed by atoms with van der Waals surface area (Å²) in [5.74, 6) is 0.552. The number of rotatable bonds is 5. The van der Waals surface area contributed by atoms with E-state index in [1.54, 1.807) is 29.2 Å². The lowest BCUT2D eigenvalue weighted by Gasteiger charge is -2.26. The molecule has 1 aromatic rings. The summed E-state index contributed by atoms with van der Waals surface area (Å²) in [5, 5.41) is 2.53. The van der Waals surface area contributed by atoms with E-state index in [1.165, 1.54) is 0 Å². The van der Waals surface area contributed by atoms with Gasteiger partial charge in [0.15, 0.2) is 6.61 Å². The fourth-order valence-corrected chi connectivity index (χ4v) is 1.76. The Labute approximate surface area is 111 Å². The summed E-state index contributed by atoms with van der Waals surface area (Å²) in [6.07, 6.45) is 0.609. The second-order valence-corrected chi connectivity index (χ2v) is 4.07. The third kappa shape index (κ3) is 3.96. The van der Waals surface area contributed by atoms with Crippen molar-refractivity contribution in [3.63, 3.8) is 0 Å². The van der Waals surface area contributed by atoms with Gasteiger partial charge in [-0.05, 0) is 24.3 Å². The van der Waals surface area contributed by atoms with Crippen LogP contribution in [0.15, 0.2) is 24.3 Å². The van der Waals surface area contributed by atoms with Crippen LogP contribution in [0, 0.1) is 0 Å². The number of amides is 2. The molecule has 0 unspecified atom stereocenters. The molecule has 6 nitrogen and oxygen atoms in total. The van der Waals surface area contributed by atoms with Crippen molar-refractivity contribution in [2.45, 2.75) is 0 Å². The smallest absolute Gasteiger partial charge is 0.260 e. The second-order valence-electron chi connectivity index (χ2n) is 4.07. The molecule has 0 spiro atoms. The van der Waals surface area contributed by atoms with Crippen LogP contribution in [0.1, 0.15) is 0 Å². The fraction of sp³-hybridized carbons (Fsp3) is 0.385. The largest absolute Gasteiger partial charge is 0.484 e. The highest BCUT2D eigenvalue weighted by Gasteiger charge is 2.16. The Morgan fingerprint density at radius 3 is 2.63 bits per heavy atom. The first-order valence-electron chi connectivity index (χ1n) is 6.08. The second kappa shape index (κ2) is 6.75. The molecule has 2 rings (SSSR count). The van der Waals surface area contributed by atoms with Gasteiger partial charge in [0, 0.05) is 18.8 Å². The van der Waals surface area contributed by atoms with Crippen molar-refractivity contribution in [1.29, 1.82) is 0 Å². The summed E-state index contributed by atoms with van der Waals surface area (Å²) in [6.45, 7) is 2.41. The standard InChI is InChI=1S/C13H16N2O4/c16-10-14-11-1-3-12(4-2-11)19-9-13(17)15-5-7-18-8-6-15/h1-4,10H,5-9H2,(H,14,16). The highest BCUT2D eigenvalue weighted by atomic mass is 16.5. The maximum atomic E-state index is 11.8. The predicted molar refractivity (Wildman–Crippen MR) is 69.0 cm³/mol. The van der Waals surface area contributed by atoms with Crippen molar-refractivity contribution in [2.24, 2.45) is 0 Å². The van der Waals surface area contributed by atoms with Crippen LogP contribution in [0.2, 0.25) is 0 Å². The Kier molecular flexibility index (Phi) is 4.74. The molecule has 102 valence electrons. The lowest BCUT2D eigenvalue weighted by Crippen LogP contribution is -2.42.